The largest absolute Gasteiger partial charge is 0.493 e. The molecule has 4 nitrogen and oxygen atoms in total. The van der Waals surface area contributed by atoms with E-state index in [9.17, 15) is 0 Å². The first kappa shape index (κ1) is 16.8. The fraction of sp³-hybridized carbons (Fsp3) is 0.556. The Kier molecular flexibility index (Phi) is 6.28. The van der Waals surface area contributed by atoms with Crippen LogP contribution in [-0.2, 0) is 6.54 Å². The highest BCUT2D eigenvalue weighted by atomic mass is 16.5. The van der Waals surface area contributed by atoms with Crippen LogP contribution >= 0.6 is 0 Å². The average Bonchev–Trinajstić information content (AvgIpc) is 2.99. The van der Waals surface area contributed by atoms with Crippen LogP contribution in [0.2, 0.25) is 0 Å². The number of hydrogen-bond acceptors (Lipinski definition) is 4. The monoisotopic (exact) mass is 305 g/mol. The average molecular weight is 305 g/mol. The van der Waals surface area contributed by atoms with Crippen molar-refractivity contribution in [1.82, 2.24) is 5.32 Å². The van der Waals surface area contributed by atoms with Crippen molar-refractivity contribution in [3.05, 3.63) is 35.9 Å². The lowest BCUT2D eigenvalue weighted by molar-refractivity contribution is 0.246. The molecule has 0 saturated heterocycles. The molecule has 2 rings (SSSR count). The van der Waals surface area contributed by atoms with Crippen molar-refractivity contribution in [2.24, 2.45) is 11.8 Å². The van der Waals surface area contributed by atoms with Gasteiger partial charge in [0.2, 0.25) is 0 Å². The molecule has 0 fully saturated rings. The van der Waals surface area contributed by atoms with E-state index in [1.165, 1.54) is 5.56 Å². The highest BCUT2D eigenvalue weighted by molar-refractivity contribution is 5.43. The van der Waals surface area contributed by atoms with Crippen molar-refractivity contribution < 1.29 is 14.6 Å². The van der Waals surface area contributed by atoms with Gasteiger partial charge in [-0.25, -0.2) is 0 Å². The summed E-state index contributed by atoms with van der Waals surface area (Å²) in [7, 11) is 1.66. The third-order valence-corrected chi connectivity index (χ3v) is 3.78. The SMILES string of the molecule is COc1ccc(CN[C@@H]2C=C[C@H](CO)C2)cc1OCC(C)C. The molecule has 0 aliphatic heterocycles. The van der Waals surface area contributed by atoms with E-state index in [0.29, 0.717) is 24.5 Å². The Morgan fingerprint density at radius 1 is 1.27 bits per heavy atom. The summed E-state index contributed by atoms with van der Waals surface area (Å²) >= 11 is 0. The summed E-state index contributed by atoms with van der Waals surface area (Å²) in [5.41, 5.74) is 1.17. The molecule has 1 aromatic rings. The van der Waals surface area contributed by atoms with Gasteiger partial charge in [-0.1, -0.05) is 32.1 Å². The van der Waals surface area contributed by atoms with E-state index in [2.05, 4.69) is 37.4 Å². The summed E-state index contributed by atoms with van der Waals surface area (Å²) in [5, 5.41) is 12.7. The number of rotatable bonds is 8. The van der Waals surface area contributed by atoms with Gasteiger partial charge in [-0.2, -0.15) is 0 Å². The predicted molar refractivity (Wildman–Crippen MR) is 88.3 cm³/mol. The summed E-state index contributed by atoms with van der Waals surface area (Å²) < 4.78 is 11.2. The fourth-order valence-electron chi connectivity index (χ4n) is 2.51. The summed E-state index contributed by atoms with van der Waals surface area (Å²) in [4.78, 5) is 0. The van der Waals surface area contributed by atoms with Gasteiger partial charge in [-0.3, -0.25) is 0 Å². The zero-order valence-corrected chi connectivity index (χ0v) is 13.7. The highest BCUT2D eigenvalue weighted by Crippen LogP contribution is 2.28. The van der Waals surface area contributed by atoms with Crippen LogP contribution in [0.25, 0.3) is 0 Å². The van der Waals surface area contributed by atoms with Crippen molar-refractivity contribution in [3.8, 4) is 11.5 Å². The highest BCUT2D eigenvalue weighted by Gasteiger charge is 2.17. The van der Waals surface area contributed by atoms with Crippen LogP contribution in [-0.4, -0.2) is 31.5 Å². The molecule has 0 radical (unpaired) electrons. The maximum atomic E-state index is 9.16. The molecule has 2 atom stereocenters. The second-order valence-corrected chi connectivity index (χ2v) is 6.24. The Bertz CT molecular complexity index is 499. The molecule has 0 aromatic heterocycles. The molecule has 2 N–H and O–H groups in total. The smallest absolute Gasteiger partial charge is 0.161 e. The van der Waals surface area contributed by atoms with Gasteiger partial charge in [0.15, 0.2) is 11.5 Å². The Morgan fingerprint density at radius 2 is 2.09 bits per heavy atom. The van der Waals surface area contributed by atoms with E-state index in [1.807, 2.05) is 12.1 Å². The summed E-state index contributed by atoms with van der Waals surface area (Å²) in [6, 6.07) is 6.37. The van der Waals surface area contributed by atoms with Crippen LogP contribution < -0.4 is 14.8 Å². The number of methoxy groups -OCH3 is 1. The maximum absolute atomic E-state index is 9.16. The van der Waals surface area contributed by atoms with E-state index in [0.717, 1.165) is 24.5 Å². The molecule has 1 aliphatic carbocycles. The van der Waals surface area contributed by atoms with E-state index < -0.39 is 0 Å². The minimum Gasteiger partial charge on any atom is -0.493 e. The molecule has 1 aliphatic rings. The van der Waals surface area contributed by atoms with Gasteiger partial charge in [-0.15, -0.1) is 0 Å². The Labute approximate surface area is 133 Å². The zero-order chi connectivity index (χ0) is 15.9. The van der Waals surface area contributed by atoms with Crippen LogP contribution in [0.3, 0.4) is 0 Å². The van der Waals surface area contributed by atoms with E-state index >= 15 is 0 Å². The lowest BCUT2D eigenvalue weighted by Gasteiger charge is -2.16. The standard InChI is InChI=1S/C18H27NO3/c1-13(2)12-22-18-9-14(5-7-17(18)21-3)10-19-16-6-4-15(8-16)11-20/h4-7,9,13,15-16,19-20H,8,10-12H2,1-3H3/t15-,16+/m0/s1. The number of hydrogen-bond donors (Lipinski definition) is 2. The molecule has 0 saturated carbocycles. The minimum absolute atomic E-state index is 0.227. The van der Waals surface area contributed by atoms with E-state index in [1.54, 1.807) is 7.11 Å². The second-order valence-electron chi connectivity index (χ2n) is 6.24. The van der Waals surface area contributed by atoms with Gasteiger partial charge in [0.1, 0.15) is 0 Å². The lowest BCUT2D eigenvalue weighted by atomic mass is 10.1. The molecular formula is C18H27NO3. The van der Waals surface area contributed by atoms with Gasteiger partial charge in [-0.05, 0) is 30.0 Å². The van der Waals surface area contributed by atoms with Crippen molar-refractivity contribution in [2.75, 3.05) is 20.3 Å². The van der Waals surface area contributed by atoms with Gasteiger partial charge in [0.05, 0.1) is 13.7 Å². The van der Waals surface area contributed by atoms with Crippen LogP contribution in [0.5, 0.6) is 11.5 Å². The zero-order valence-electron chi connectivity index (χ0n) is 13.7. The Morgan fingerprint density at radius 3 is 2.73 bits per heavy atom. The number of aliphatic hydroxyl groups excluding tert-OH is 1. The van der Waals surface area contributed by atoms with Crippen LogP contribution in [0.15, 0.2) is 30.4 Å². The number of aliphatic hydroxyl groups is 1. The first-order valence-electron chi connectivity index (χ1n) is 7.94. The molecule has 0 spiro atoms. The van der Waals surface area contributed by atoms with Crippen molar-refractivity contribution in [3.63, 3.8) is 0 Å². The van der Waals surface area contributed by atoms with E-state index in [4.69, 9.17) is 14.6 Å². The molecule has 0 amide bonds. The minimum atomic E-state index is 0.227. The first-order valence-corrected chi connectivity index (χ1v) is 7.94. The molecule has 0 heterocycles. The van der Waals surface area contributed by atoms with Crippen molar-refractivity contribution in [2.45, 2.75) is 32.9 Å². The molecule has 122 valence electrons. The van der Waals surface area contributed by atoms with Crippen molar-refractivity contribution in [1.29, 1.82) is 0 Å². The van der Waals surface area contributed by atoms with Gasteiger partial charge in [0, 0.05) is 25.1 Å². The van der Waals surface area contributed by atoms with Gasteiger partial charge >= 0.3 is 0 Å². The van der Waals surface area contributed by atoms with Gasteiger partial charge < -0.3 is 19.9 Å². The van der Waals surface area contributed by atoms with Crippen LogP contribution in [0.1, 0.15) is 25.8 Å². The lowest BCUT2D eigenvalue weighted by Crippen LogP contribution is -2.26. The summed E-state index contributed by atoms with van der Waals surface area (Å²) in [5.74, 6) is 2.33. The molecule has 22 heavy (non-hydrogen) atoms. The number of nitrogens with one attached hydrogen (secondary N) is 1. The predicted octanol–water partition coefficient (Wildman–Crippen LogP) is 2.76. The maximum Gasteiger partial charge on any atom is 0.161 e. The Balaban J connectivity index is 1.93. The third-order valence-electron chi connectivity index (χ3n) is 3.78. The Hall–Kier alpha value is -1.52. The van der Waals surface area contributed by atoms with Crippen LogP contribution in [0, 0.1) is 11.8 Å². The summed E-state index contributed by atoms with van der Waals surface area (Å²) in [6.07, 6.45) is 5.19. The summed E-state index contributed by atoms with van der Waals surface area (Å²) in [6.45, 7) is 5.93. The molecular weight excluding hydrogens is 278 g/mol. The quantitative estimate of drug-likeness (QED) is 0.725. The van der Waals surface area contributed by atoms with Gasteiger partial charge in [0.25, 0.3) is 0 Å². The van der Waals surface area contributed by atoms with E-state index in [-0.39, 0.29) is 6.61 Å². The first-order chi connectivity index (χ1) is 10.6. The van der Waals surface area contributed by atoms with Crippen molar-refractivity contribution >= 4 is 0 Å². The number of benzene rings is 1. The number of ether oxygens (including phenoxy) is 2. The second kappa shape index (κ2) is 8.20. The molecule has 4 heteroatoms. The molecule has 1 aromatic carbocycles. The van der Waals surface area contributed by atoms with Crippen LogP contribution in [0.4, 0.5) is 0 Å². The molecule has 0 unspecified atom stereocenters. The molecule has 0 bridgehead atoms. The third kappa shape index (κ3) is 4.75. The normalized spacial score (nSPS) is 20.6. The fourth-order valence-corrected chi connectivity index (χ4v) is 2.51. The topological polar surface area (TPSA) is 50.7 Å².